The summed E-state index contributed by atoms with van der Waals surface area (Å²) in [4.78, 5) is 22.3. The highest BCUT2D eigenvalue weighted by atomic mass is 32.2. The van der Waals surface area contributed by atoms with E-state index in [1.54, 1.807) is 4.72 Å². The molecule has 10 heteroatoms. The first-order chi connectivity index (χ1) is 8.31. The van der Waals surface area contributed by atoms with Gasteiger partial charge in [-0.15, -0.1) is 0 Å². The third-order valence-electron chi connectivity index (χ3n) is 2.41. The van der Waals surface area contributed by atoms with Crippen LogP contribution in [0.25, 0.3) is 0 Å². The van der Waals surface area contributed by atoms with Crippen molar-refractivity contribution in [2.45, 2.75) is 18.6 Å². The van der Waals surface area contributed by atoms with Gasteiger partial charge in [0.25, 0.3) is 0 Å². The van der Waals surface area contributed by atoms with Crippen LogP contribution in [0.4, 0.5) is 4.79 Å². The molecule has 0 saturated carbocycles. The second-order valence-electron chi connectivity index (χ2n) is 3.60. The number of carbonyl (C=O) groups is 2. The maximum atomic E-state index is 11.8. The predicted octanol–water partition coefficient (Wildman–Crippen LogP) is -1.80. The number of nitrogens with one attached hydrogen (secondary N) is 1. The van der Waals surface area contributed by atoms with Crippen LogP contribution < -0.4 is 4.72 Å². The van der Waals surface area contributed by atoms with E-state index in [4.69, 9.17) is 0 Å². The smallest absolute Gasteiger partial charge is 0.421 e. The van der Waals surface area contributed by atoms with Crippen LogP contribution >= 0.6 is 0 Å². The predicted molar refractivity (Wildman–Crippen MR) is 57.6 cm³/mol. The van der Waals surface area contributed by atoms with Gasteiger partial charge in [-0.1, -0.05) is 0 Å². The summed E-state index contributed by atoms with van der Waals surface area (Å²) in [6, 6.07) is -1.16. The number of aliphatic hydroxyl groups excluding tert-OH is 1. The molecular weight excluding hydrogens is 268 g/mol. The van der Waals surface area contributed by atoms with Crippen molar-refractivity contribution < 1.29 is 32.6 Å². The van der Waals surface area contributed by atoms with Gasteiger partial charge in [-0.05, 0) is 0 Å². The van der Waals surface area contributed by atoms with Crippen LogP contribution in [0.2, 0.25) is 0 Å². The zero-order valence-corrected chi connectivity index (χ0v) is 10.6. The van der Waals surface area contributed by atoms with Crippen molar-refractivity contribution in [3.05, 3.63) is 0 Å². The first-order valence-corrected chi connectivity index (χ1v) is 6.39. The molecule has 1 aliphatic heterocycles. The van der Waals surface area contributed by atoms with Crippen molar-refractivity contribution in [1.29, 1.82) is 0 Å². The molecule has 104 valence electrons. The Labute approximate surface area is 104 Å². The molecule has 1 amide bonds. The number of nitrogens with zero attached hydrogens (tertiary/aromatic N) is 1. The van der Waals surface area contributed by atoms with Crippen molar-refractivity contribution in [2.75, 3.05) is 20.8 Å². The molecule has 1 fully saturated rings. The van der Waals surface area contributed by atoms with Crippen LogP contribution in [0.15, 0.2) is 0 Å². The normalized spacial score (nSPS) is 24.6. The van der Waals surface area contributed by atoms with Gasteiger partial charge < -0.3 is 14.6 Å². The fourth-order valence-corrected chi connectivity index (χ4v) is 2.89. The maximum absolute atomic E-state index is 11.8. The molecule has 1 aliphatic rings. The monoisotopic (exact) mass is 282 g/mol. The minimum Gasteiger partial charge on any atom is -0.468 e. The van der Waals surface area contributed by atoms with E-state index in [0.29, 0.717) is 4.31 Å². The molecule has 0 aromatic carbocycles. The van der Waals surface area contributed by atoms with Crippen LogP contribution in [0, 0.1) is 0 Å². The number of aliphatic hydroxyl groups is 1. The van der Waals surface area contributed by atoms with Crippen molar-refractivity contribution >= 4 is 22.3 Å². The lowest BCUT2D eigenvalue weighted by molar-refractivity contribution is -0.144. The summed E-state index contributed by atoms with van der Waals surface area (Å²) in [5.74, 6) is -0.804. The number of carbonyl (C=O) groups excluding carboxylic acids is 2. The van der Waals surface area contributed by atoms with Gasteiger partial charge in [0.1, 0.15) is 6.04 Å². The molecule has 1 saturated heterocycles. The standard InChI is InChI=1S/C8H14N2O7S/c1-16-7(12)6-3-5(11)4-10(6)18(14,15)9-8(13)17-2/h5-6,11H,3-4H2,1-2H3,(H,9,13). The van der Waals surface area contributed by atoms with Crippen molar-refractivity contribution in [3.63, 3.8) is 0 Å². The minimum absolute atomic E-state index is 0.0885. The molecule has 1 heterocycles. The molecule has 0 bridgehead atoms. The van der Waals surface area contributed by atoms with Gasteiger partial charge >= 0.3 is 22.3 Å². The molecule has 2 atom stereocenters. The molecule has 0 aliphatic carbocycles. The molecule has 0 aromatic heterocycles. The number of amides is 1. The highest BCUT2D eigenvalue weighted by Crippen LogP contribution is 2.21. The maximum Gasteiger partial charge on any atom is 0.421 e. The summed E-state index contributed by atoms with van der Waals surface area (Å²) >= 11 is 0. The lowest BCUT2D eigenvalue weighted by Crippen LogP contribution is -2.48. The molecule has 0 radical (unpaired) electrons. The average molecular weight is 282 g/mol. The highest BCUT2D eigenvalue weighted by Gasteiger charge is 2.44. The van der Waals surface area contributed by atoms with Gasteiger partial charge in [0.05, 0.1) is 20.3 Å². The van der Waals surface area contributed by atoms with Gasteiger partial charge in [-0.2, -0.15) is 12.7 Å². The zero-order valence-electron chi connectivity index (χ0n) is 9.82. The fourth-order valence-electron chi connectivity index (χ4n) is 1.61. The molecule has 1 rings (SSSR count). The van der Waals surface area contributed by atoms with Crippen LogP contribution in [0.1, 0.15) is 6.42 Å². The zero-order chi connectivity index (χ0) is 13.9. The Hall–Kier alpha value is -1.39. The first kappa shape index (κ1) is 14.7. The van der Waals surface area contributed by atoms with E-state index in [-0.39, 0.29) is 13.0 Å². The Morgan fingerprint density at radius 2 is 1.94 bits per heavy atom. The van der Waals surface area contributed by atoms with E-state index in [2.05, 4.69) is 9.47 Å². The van der Waals surface area contributed by atoms with E-state index in [9.17, 15) is 23.1 Å². The van der Waals surface area contributed by atoms with Crippen molar-refractivity contribution in [1.82, 2.24) is 9.03 Å². The number of rotatable bonds is 3. The van der Waals surface area contributed by atoms with E-state index in [1.807, 2.05) is 0 Å². The Kier molecular flexibility index (Phi) is 4.48. The van der Waals surface area contributed by atoms with Crippen LogP contribution in [-0.2, 0) is 24.5 Å². The minimum atomic E-state index is -4.26. The summed E-state index contributed by atoms with van der Waals surface area (Å²) in [5, 5.41) is 9.41. The quantitative estimate of drug-likeness (QED) is 0.585. The lowest BCUT2D eigenvalue weighted by atomic mass is 10.2. The van der Waals surface area contributed by atoms with E-state index in [1.165, 1.54) is 0 Å². The third kappa shape index (κ3) is 3.09. The van der Waals surface area contributed by atoms with Crippen molar-refractivity contribution in [3.8, 4) is 0 Å². The fraction of sp³-hybridized carbons (Fsp3) is 0.750. The summed E-state index contributed by atoms with van der Waals surface area (Å²) in [7, 11) is -2.16. The van der Waals surface area contributed by atoms with Gasteiger partial charge in [0.15, 0.2) is 0 Å². The van der Waals surface area contributed by atoms with Crippen LogP contribution in [0.3, 0.4) is 0 Å². The summed E-state index contributed by atoms with van der Waals surface area (Å²) in [5.41, 5.74) is 0. The summed E-state index contributed by atoms with van der Waals surface area (Å²) in [6.07, 6.45) is -2.27. The number of hydrogen-bond acceptors (Lipinski definition) is 7. The molecule has 2 N–H and O–H groups in total. The van der Waals surface area contributed by atoms with Crippen LogP contribution in [-0.4, -0.2) is 62.8 Å². The molecular formula is C8H14N2O7S. The van der Waals surface area contributed by atoms with Gasteiger partial charge in [0.2, 0.25) is 0 Å². The Morgan fingerprint density at radius 1 is 1.33 bits per heavy atom. The number of methoxy groups -OCH3 is 2. The average Bonchev–Trinajstić information content (AvgIpc) is 2.70. The number of hydrogen-bond donors (Lipinski definition) is 2. The van der Waals surface area contributed by atoms with Crippen molar-refractivity contribution in [2.24, 2.45) is 0 Å². The molecule has 0 aromatic rings. The van der Waals surface area contributed by atoms with E-state index < -0.39 is 34.4 Å². The van der Waals surface area contributed by atoms with Gasteiger partial charge in [-0.25, -0.2) is 9.52 Å². The Balaban J connectivity index is 2.91. The van der Waals surface area contributed by atoms with E-state index >= 15 is 0 Å². The Bertz CT molecular complexity index is 435. The largest absolute Gasteiger partial charge is 0.468 e. The first-order valence-electron chi connectivity index (χ1n) is 4.95. The SMILES string of the molecule is COC(=O)NS(=O)(=O)N1CC(O)CC1C(=O)OC. The molecule has 2 unspecified atom stereocenters. The summed E-state index contributed by atoms with van der Waals surface area (Å²) in [6.45, 7) is -0.300. The highest BCUT2D eigenvalue weighted by molar-refractivity contribution is 7.87. The Morgan fingerprint density at radius 3 is 2.44 bits per heavy atom. The third-order valence-corrected chi connectivity index (χ3v) is 3.86. The number of ether oxygens (including phenoxy) is 2. The number of β-amino-alcohol motifs (C(OH)–C–C–N with tert-alkyl or cyclic N) is 1. The molecule has 9 nitrogen and oxygen atoms in total. The molecule has 18 heavy (non-hydrogen) atoms. The van der Waals surface area contributed by atoms with Gasteiger partial charge in [0, 0.05) is 13.0 Å². The summed E-state index contributed by atoms with van der Waals surface area (Å²) < 4.78 is 34.4. The topological polar surface area (TPSA) is 122 Å². The molecule has 0 spiro atoms. The number of esters is 1. The second-order valence-corrected chi connectivity index (χ2v) is 5.22. The lowest BCUT2D eigenvalue weighted by Gasteiger charge is -2.21. The van der Waals surface area contributed by atoms with Gasteiger partial charge in [-0.3, -0.25) is 4.79 Å². The van der Waals surface area contributed by atoms with Crippen LogP contribution in [0.5, 0.6) is 0 Å². The second kappa shape index (κ2) is 5.50. The van der Waals surface area contributed by atoms with E-state index in [0.717, 1.165) is 14.2 Å².